The zero-order valence-electron chi connectivity index (χ0n) is 12.8. The molecule has 1 saturated carbocycles. The monoisotopic (exact) mass is 327 g/mol. The molecule has 0 spiro atoms. The van der Waals surface area contributed by atoms with E-state index in [4.69, 9.17) is 9.29 Å². The Hall–Kier alpha value is -1.27. The molecule has 0 atom stereocenters. The first-order valence-corrected chi connectivity index (χ1v) is 9.58. The van der Waals surface area contributed by atoms with Crippen LogP contribution in [-0.2, 0) is 10.1 Å². The van der Waals surface area contributed by atoms with Crippen LogP contribution in [0.4, 0.5) is 5.69 Å². The zero-order valence-corrected chi connectivity index (χ0v) is 13.6. The average Bonchev–Trinajstić information content (AvgIpc) is 2.48. The minimum atomic E-state index is -3.85. The number of hydrogen-bond donors (Lipinski definition) is 2. The lowest BCUT2D eigenvalue weighted by Gasteiger charge is -2.23. The van der Waals surface area contributed by atoms with Gasteiger partial charge in [-0.15, -0.1) is 0 Å². The van der Waals surface area contributed by atoms with Crippen LogP contribution in [0, 0.1) is 0 Å². The van der Waals surface area contributed by atoms with E-state index >= 15 is 0 Å². The summed E-state index contributed by atoms with van der Waals surface area (Å²) in [6, 6.07) is 8.47. The van der Waals surface area contributed by atoms with Crippen LogP contribution in [0.1, 0.15) is 44.9 Å². The number of unbranched alkanes of at least 4 members (excludes halogenated alkanes) is 1. The Morgan fingerprint density at radius 2 is 1.77 bits per heavy atom. The van der Waals surface area contributed by atoms with Gasteiger partial charge in [-0.05, 0) is 49.9 Å². The van der Waals surface area contributed by atoms with Gasteiger partial charge in [0.25, 0.3) is 10.1 Å². The lowest BCUT2D eigenvalue weighted by Crippen LogP contribution is -2.22. The largest absolute Gasteiger partial charge is 0.494 e. The Bertz CT molecular complexity index is 536. The van der Waals surface area contributed by atoms with Crippen molar-refractivity contribution in [2.75, 3.05) is 17.7 Å². The quantitative estimate of drug-likeness (QED) is 0.565. The Balaban J connectivity index is 1.68. The first-order valence-electron chi connectivity index (χ1n) is 7.97. The highest BCUT2D eigenvalue weighted by atomic mass is 32.2. The van der Waals surface area contributed by atoms with Gasteiger partial charge in [-0.1, -0.05) is 19.3 Å². The number of hydrogen-bond acceptors (Lipinski definition) is 4. The molecule has 0 aliphatic heterocycles. The summed E-state index contributed by atoms with van der Waals surface area (Å²) >= 11 is 0. The van der Waals surface area contributed by atoms with Gasteiger partial charge in [0.1, 0.15) is 5.75 Å². The molecular formula is C16H25NO4S. The molecule has 2 N–H and O–H groups in total. The highest BCUT2D eigenvalue weighted by Gasteiger charge is 2.12. The van der Waals surface area contributed by atoms with Crippen molar-refractivity contribution in [3.63, 3.8) is 0 Å². The Morgan fingerprint density at radius 1 is 1.09 bits per heavy atom. The van der Waals surface area contributed by atoms with E-state index in [1.807, 2.05) is 24.3 Å². The maximum absolute atomic E-state index is 10.6. The standard InChI is InChI=1S/C16H25NO4S/c18-22(19,20)13-5-4-12-21-16-10-8-15(9-11-16)17-14-6-2-1-3-7-14/h8-11,14,17H,1-7,12-13H2,(H,18,19,20). The van der Waals surface area contributed by atoms with Gasteiger partial charge in [0, 0.05) is 11.7 Å². The van der Waals surface area contributed by atoms with Gasteiger partial charge in [0.2, 0.25) is 0 Å². The molecule has 1 aromatic rings. The van der Waals surface area contributed by atoms with Crippen LogP contribution in [0.25, 0.3) is 0 Å². The summed E-state index contributed by atoms with van der Waals surface area (Å²) in [5.74, 6) is 0.571. The van der Waals surface area contributed by atoms with Crippen molar-refractivity contribution in [3.05, 3.63) is 24.3 Å². The lowest BCUT2D eigenvalue weighted by atomic mass is 9.95. The van der Waals surface area contributed by atoms with Crippen LogP contribution in [0.3, 0.4) is 0 Å². The van der Waals surface area contributed by atoms with E-state index < -0.39 is 10.1 Å². The van der Waals surface area contributed by atoms with E-state index in [0.29, 0.717) is 25.5 Å². The number of anilines is 1. The minimum absolute atomic E-state index is 0.208. The molecule has 5 nitrogen and oxygen atoms in total. The van der Waals surface area contributed by atoms with Crippen molar-refractivity contribution in [3.8, 4) is 5.75 Å². The number of nitrogens with one attached hydrogen (secondary N) is 1. The van der Waals surface area contributed by atoms with Crippen molar-refractivity contribution >= 4 is 15.8 Å². The van der Waals surface area contributed by atoms with Crippen LogP contribution in [0.5, 0.6) is 5.75 Å². The van der Waals surface area contributed by atoms with Gasteiger partial charge in [-0.3, -0.25) is 4.55 Å². The van der Waals surface area contributed by atoms with Crippen LogP contribution in [0.15, 0.2) is 24.3 Å². The van der Waals surface area contributed by atoms with Crippen molar-refractivity contribution in [1.82, 2.24) is 0 Å². The fourth-order valence-corrected chi connectivity index (χ4v) is 3.28. The zero-order chi connectivity index (χ0) is 15.8. The Labute approximate surface area is 132 Å². The average molecular weight is 327 g/mol. The molecule has 1 fully saturated rings. The molecule has 6 heteroatoms. The molecule has 0 saturated heterocycles. The Kier molecular flexibility index (Phi) is 6.51. The fraction of sp³-hybridized carbons (Fsp3) is 0.625. The highest BCUT2D eigenvalue weighted by Crippen LogP contribution is 2.23. The third-order valence-corrected chi connectivity index (χ3v) is 4.70. The summed E-state index contributed by atoms with van der Waals surface area (Å²) in [6.07, 6.45) is 7.45. The number of rotatable bonds is 8. The van der Waals surface area contributed by atoms with Crippen molar-refractivity contribution in [2.24, 2.45) is 0 Å². The second kappa shape index (κ2) is 8.39. The van der Waals surface area contributed by atoms with Gasteiger partial charge >= 0.3 is 0 Å². The summed E-state index contributed by atoms with van der Waals surface area (Å²) in [6.45, 7) is 0.449. The van der Waals surface area contributed by atoms with E-state index in [-0.39, 0.29) is 5.75 Å². The maximum Gasteiger partial charge on any atom is 0.264 e. The molecule has 2 rings (SSSR count). The Morgan fingerprint density at radius 3 is 2.41 bits per heavy atom. The van der Waals surface area contributed by atoms with Gasteiger partial charge < -0.3 is 10.1 Å². The summed E-state index contributed by atoms with van der Waals surface area (Å²) < 4.78 is 35.3. The molecule has 0 aromatic heterocycles. The molecule has 0 heterocycles. The second-order valence-corrected chi connectivity index (χ2v) is 7.42. The van der Waals surface area contributed by atoms with Gasteiger partial charge in [-0.25, -0.2) is 0 Å². The number of benzene rings is 1. The van der Waals surface area contributed by atoms with Crippen molar-refractivity contribution < 1.29 is 17.7 Å². The van der Waals surface area contributed by atoms with E-state index in [1.165, 1.54) is 32.1 Å². The lowest BCUT2D eigenvalue weighted by molar-refractivity contribution is 0.309. The summed E-state index contributed by atoms with van der Waals surface area (Å²) in [5, 5.41) is 3.55. The first kappa shape index (κ1) is 17.1. The third kappa shape index (κ3) is 6.66. The van der Waals surface area contributed by atoms with Crippen molar-refractivity contribution in [2.45, 2.75) is 51.0 Å². The second-order valence-electron chi connectivity index (χ2n) is 5.85. The summed E-state index contributed by atoms with van der Waals surface area (Å²) in [5.41, 5.74) is 1.12. The molecule has 0 amide bonds. The summed E-state index contributed by atoms with van der Waals surface area (Å²) in [7, 11) is -3.85. The topological polar surface area (TPSA) is 75.6 Å². The molecule has 1 aliphatic rings. The third-order valence-electron chi connectivity index (χ3n) is 3.90. The molecule has 1 aromatic carbocycles. The number of ether oxygens (including phenoxy) is 1. The highest BCUT2D eigenvalue weighted by molar-refractivity contribution is 7.85. The first-order chi connectivity index (χ1) is 10.5. The molecule has 0 radical (unpaired) electrons. The smallest absolute Gasteiger partial charge is 0.264 e. The van der Waals surface area contributed by atoms with Gasteiger partial charge in [0.15, 0.2) is 0 Å². The van der Waals surface area contributed by atoms with E-state index in [9.17, 15) is 8.42 Å². The molecule has 0 unspecified atom stereocenters. The van der Waals surface area contributed by atoms with E-state index in [1.54, 1.807) is 0 Å². The predicted octanol–water partition coefficient (Wildman–Crippen LogP) is 3.48. The van der Waals surface area contributed by atoms with Crippen LogP contribution in [-0.4, -0.2) is 31.4 Å². The predicted molar refractivity (Wildman–Crippen MR) is 88.1 cm³/mol. The fourth-order valence-electron chi connectivity index (χ4n) is 2.71. The van der Waals surface area contributed by atoms with E-state index in [0.717, 1.165) is 11.4 Å². The molecular weight excluding hydrogens is 302 g/mol. The van der Waals surface area contributed by atoms with Gasteiger partial charge in [0.05, 0.1) is 12.4 Å². The maximum atomic E-state index is 10.6. The van der Waals surface area contributed by atoms with Crippen LogP contribution < -0.4 is 10.1 Å². The van der Waals surface area contributed by atoms with E-state index in [2.05, 4.69) is 5.32 Å². The molecule has 1 aliphatic carbocycles. The molecule has 124 valence electrons. The van der Waals surface area contributed by atoms with Gasteiger partial charge in [-0.2, -0.15) is 8.42 Å². The van der Waals surface area contributed by atoms with Crippen molar-refractivity contribution in [1.29, 1.82) is 0 Å². The molecule has 0 bridgehead atoms. The molecule has 22 heavy (non-hydrogen) atoms. The summed E-state index contributed by atoms with van der Waals surface area (Å²) in [4.78, 5) is 0. The minimum Gasteiger partial charge on any atom is -0.494 e. The normalized spacial score (nSPS) is 16.4. The van der Waals surface area contributed by atoms with Crippen LogP contribution in [0.2, 0.25) is 0 Å². The van der Waals surface area contributed by atoms with Crippen LogP contribution >= 0.6 is 0 Å². The SMILES string of the molecule is O=S(=O)(O)CCCCOc1ccc(NC2CCCCC2)cc1.